The smallest absolute Gasteiger partial charge is 0.0931 e. The van der Waals surface area contributed by atoms with E-state index in [4.69, 9.17) is 23.2 Å². The van der Waals surface area contributed by atoms with Gasteiger partial charge in [0.1, 0.15) is 0 Å². The van der Waals surface area contributed by atoms with Crippen LogP contribution in [0.1, 0.15) is 25.5 Å². The molecule has 0 amide bonds. The van der Waals surface area contributed by atoms with Crippen molar-refractivity contribution in [3.63, 3.8) is 0 Å². The van der Waals surface area contributed by atoms with Gasteiger partial charge in [-0.25, -0.2) is 0 Å². The molecule has 0 radical (unpaired) electrons. The maximum atomic E-state index is 10.1. The highest BCUT2D eigenvalue weighted by molar-refractivity contribution is 6.35. The van der Waals surface area contributed by atoms with Gasteiger partial charge in [-0.1, -0.05) is 29.3 Å². The van der Waals surface area contributed by atoms with Crippen molar-refractivity contribution >= 4 is 23.2 Å². The molecule has 2 N–H and O–H groups in total. The first-order valence-corrected chi connectivity index (χ1v) is 6.48. The number of aliphatic hydroxyl groups excluding tert-OH is 1. The van der Waals surface area contributed by atoms with Crippen LogP contribution in [0.5, 0.6) is 0 Å². The first-order chi connectivity index (χ1) is 8.19. The van der Waals surface area contributed by atoms with E-state index < -0.39 is 11.7 Å². The Morgan fingerprint density at radius 1 is 1.33 bits per heavy atom. The zero-order valence-corrected chi connectivity index (χ0v) is 12.3. The van der Waals surface area contributed by atoms with Crippen molar-refractivity contribution in [3.05, 3.63) is 33.8 Å². The molecule has 0 fully saturated rings. The predicted octanol–water partition coefficient (Wildman–Crippen LogP) is 2.73. The van der Waals surface area contributed by atoms with Gasteiger partial charge in [0.2, 0.25) is 0 Å². The summed E-state index contributed by atoms with van der Waals surface area (Å²) in [5.41, 5.74) is -0.151. The maximum absolute atomic E-state index is 10.1. The molecule has 0 saturated carbocycles. The summed E-state index contributed by atoms with van der Waals surface area (Å²) in [6, 6.07) is 5.02. The quantitative estimate of drug-likeness (QED) is 0.877. The number of rotatable bonds is 5. The first-order valence-electron chi connectivity index (χ1n) is 5.73. The Hall–Kier alpha value is -0.320. The Morgan fingerprint density at radius 2 is 1.94 bits per heavy atom. The number of likely N-dealkylation sites (N-methyl/N-ethyl adjacent to an activating group) is 1. The summed E-state index contributed by atoms with van der Waals surface area (Å²) in [7, 11) is 1.84. The van der Waals surface area contributed by atoms with Crippen LogP contribution in [0.15, 0.2) is 18.2 Å². The standard InChI is InChI=1S/C13H19Cl2NO2/c1-13(2,18)8-16(3)7-12(17)10-5-4-9(14)6-11(10)15/h4-6,12,17-18H,7-8H2,1-3H3. The van der Waals surface area contributed by atoms with Crippen LogP contribution >= 0.6 is 23.2 Å². The van der Waals surface area contributed by atoms with Crippen LogP contribution in [0.25, 0.3) is 0 Å². The van der Waals surface area contributed by atoms with Gasteiger partial charge in [-0.15, -0.1) is 0 Å². The average Bonchev–Trinajstić information content (AvgIpc) is 2.13. The molecule has 0 heterocycles. The number of aliphatic hydroxyl groups is 2. The van der Waals surface area contributed by atoms with Crippen molar-refractivity contribution in [2.45, 2.75) is 25.6 Å². The van der Waals surface area contributed by atoms with E-state index in [1.807, 2.05) is 11.9 Å². The Balaban J connectivity index is 2.67. The van der Waals surface area contributed by atoms with Crippen molar-refractivity contribution in [1.82, 2.24) is 4.90 Å². The average molecular weight is 292 g/mol. The molecular weight excluding hydrogens is 273 g/mol. The largest absolute Gasteiger partial charge is 0.389 e. The fourth-order valence-electron chi connectivity index (χ4n) is 1.89. The lowest BCUT2D eigenvalue weighted by Gasteiger charge is -2.27. The first kappa shape index (κ1) is 15.7. The van der Waals surface area contributed by atoms with Crippen LogP contribution in [-0.2, 0) is 0 Å². The highest BCUT2D eigenvalue weighted by atomic mass is 35.5. The molecule has 1 rings (SSSR count). The van der Waals surface area contributed by atoms with Crippen LogP contribution in [0.3, 0.4) is 0 Å². The molecule has 18 heavy (non-hydrogen) atoms. The number of hydrogen-bond donors (Lipinski definition) is 2. The molecule has 1 aromatic carbocycles. The topological polar surface area (TPSA) is 43.7 Å². The second-order valence-electron chi connectivity index (χ2n) is 5.19. The van der Waals surface area contributed by atoms with Crippen LogP contribution in [0.4, 0.5) is 0 Å². The zero-order valence-electron chi connectivity index (χ0n) is 10.8. The summed E-state index contributed by atoms with van der Waals surface area (Å²) in [4.78, 5) is 1.86. The van der Waals surface area contributed by atoms with E-state index >= 15 is 0 Å². The third-order valence-electron chi connectivity index (χ3n) is 2.46. The third kappa shape index (κ3) is 5.12. The molecule has 1 unspecified atom stereocenters. The van der Waals surface area contributed by atoms with Crippen LogP contribution in [0, 0.1) is 0 Å². The minimum atomic E-state index is -0.793. The lowest BCUT2D eigenvalue weighted by molar-refractivity contribution is 0.0284. The molecule has 102 valence electrons. The van der Waals surface area contributed by atoms with Crippen molar-refractivity contribution in [3.8, 4) is 0 Å². The summed E-state index contributed by atoms with van der Waals surface area (Å²) in [5.74, 6) is 0. The minimum absolute atomic E-state index is 0.394. The molecule has 0 aromatic heterocycles. The van der Waals surface area contributed by atoms with E-state index in [0.717, 1.165) is 0 Å². The fourth-order valence-corrected chi connectivity index (χ4v) is 2.42. The van der Waals surface area contributed by atoms with Gasteiger partial charge in [0.05, 0.1) is 11.7 Å². The Bertz CT molecular complexity index is 404. The normalized spacial score (nSPS) is 14.0. The van der Waals surface area contributed by atoms with E-state index in [1.54, 1.807) is 32.0 Å². The second kappa shape index (κ2) is 6.22. The summed E-state index contributed by atoms with van der Waals surface area (Å²) in [6.07, 6.45) is -0.706. The highest BCUT2D eigenvalue weighted by Crippen LogP contribution is 2.26. The summed E-state index contributed by atoms with van der Waals surface area (Å²) >= 11 is 11.8. The van der Waals surface area contributed by atoms with Crippen molar-refractivity contribution in [1.29, 1.82) is 0 Å². The molecule has 1 atom stereocenters. The third-order valence-corrected chi connectivity index (χ3v) is 3.03. The molecule has 0 bridgehead atoms. The molecule has 0 saturated heterocycles. The monoisotopic (exact) mass is 291 g/mol. The van der Waals surface area contributed by atoms with Crippen LogP contribution in [0.2, 0.25) is 10.0 Å². The maximum Gasteiger partial charge on any atom is 0.0931 e. The molecule has 0 spiro atoms. The van der Waals surface area contributed by atoms with Gasteiger partial charge in [0.15, 0.2) is 0 Å². The van der Waals surface area contributed by atoms with E-state index in [-0.39, 0.29) is 0 Å². The fraction of sp³-hybridized carbons (Fsp3) is 0.538. The van der Waals surface area contributed by atoms with Gasteiger partial charge in [-0.2, -0.15) is 0 Å². The highest BCUT2D eigenvalue weighted by Gasteiger charge is 2.19. The van der Waals surface area contributed by atoms with Crippen LogP contribution in [-0.4, -0.2) is 40.9 Å². The molecule has 0 aliphatic heterocycles. The van der Waals surface area contributed by atoms with Gasteiger partial charge in [0.25, 0.3) is 0 Å². The number of halogens is 2. The summed E-state index contributed by atoms with van der Waals surface area (Å²) < 4.78 is 0. The lowest BCUT2D eigenvalue weighted by atomic mass is 10.1. The number of hydrogen-bond acceptors (Lipinski definition) is 3. The molecule has 0 aliphatic rings. The Labute approximate surface area is 118 Å². The van der Waals surface area contributed by atoms with E-state index in [0.29, 0.717) is 28.7 Å². The molecule has 3 nitrogen and oxygen atoms in total. The summed E-state index contributed by atoms with van der Waals surface area (Å²) in [6.45, 7) is 4.32. The van der Waals surface area contributed by atoms with Gasteiger partial charge >= 0.3 is 0 Å². The second-order valence-corrected chi connectivity index (χ2v) is 6.03. The van der Waals surface area contributed by atoms with Crippen molar-refractivity contribution in [2.75, 3.05) is 20.1 Å². The van der Waals surface area contributed by atoms with Crippen LogP contribution < -0.4 is 0 Å². The minimum Gasteiger partial charge on any atom is -0.389 e. The van der Waals surface area contributed by atoms with Crippen molar-refractivity contribution in [2.24, 2.45) is 0 Å². The number of nitrogens with zero attached hydrogens (tertiary/aromatic N) is 1. The zero-order chi connectivity index (χ0) is 13.9. The van der Waals surface area contributed by atoms with E-state index in [2.05, 4.69) is 0 Å². The summed E-state index contributed by atoms with van der Waals surface area (Å²) in [5, 5.41) is 20.8. The molecule has 0 aliphatic carbocycles. The lowest BCUT2D eigenvalue weighted by Crippen LogP contribution is -2.38. The molecule has 5 heteroatoms. The van der Waals surface area contributed by atoms with E-state index in [9.17, 15) is 10.2 Å². The molecule has 1 aromatic rings. The van der Waals surface area contributed by atoms with Gasteiger partial charge < -0.3 is 15.1 Å². The Kier molecular flexibility index (Phi) is 5.44. The van der Waals surface area contributed by atoms with E-state index in [1.165, 1.54) is 0 Å². The number of benzene rings is 1. The SMILES string of the molecule is CN(CC(O)c1ccc(Cl)cc1Cl)CC(C)(C)O. The molecular formula is C13H19Cl2NO2. The van der Waals surface area contributed by atoms with Gasteiger partial charge in [0, 0.05) is 28.7 Å². The predicted molar refractivity (Wildman–Crippen MR) is 75.2 cm³/mol. The van der Waals surface area contributed by atoms with Crippen molar-refractivity contribution < 1.29 is 10.2 Å². The Morgan fingerprint density at radius 3 is 2.44 bits per heavy atom. The van der Waals surface area contributed by atoms with Gasteiger partial charge in [-0.05, 0) is 33.0 Å². The van der Waals surface area contributed by atoms with Gasteiger partial charge in [-0.3, -0.25) is 0 Å².